The highest BCUT2D eigenvalue weighted by molar-refractivity contribution is 7.89. The average Bonchev–Trinajstić information content (AvgIpc) is 2.76. The van der Waals surface area contributed by atoms with Crippen molar-refractivity contribution < 1.29 is 13.2 Å². The summed E-state index contributed by atoms with van der Waals surface area (Å²) in [6.07, 6.45) is 0. The van der Waals surface area contributed by atoms with Gasteiger partial charge in [0.2, 0.25) is 10.0 Å². The minimum absolute atomic E-state index is 0.0850. The van der Waals surface area contributed by atoms with Crippen molar-refractivity contribution in [2.45, 2.75) is 38.8 Å². The third kappa shape index (κ3) is 3.62. The zero-order valence-electron chi connectivity index (χ0n) is 12.3. The van der Waals surface area contributed by atoms with E-state index >= 15 is 0 Å². The van der Waals surface area contributed by atoms with E-state index in [4.69, 9.17) is 9.88 Å². The number of aromatic nitrogens is 2. The van der Waals surface area contributed by atoms with Crippen LogP contribution in [0.2, 0.25) is 0 Å². The molecule has 6 nitrogen and oxygen atoms in total. The van der Waals surface area contributed by atoms with Gasteiger partial charge in [0.15, 0.2) is 0 Å². The summed E-state index contributed by atoms with van der Waals surface area (Å²) in [5.74, 6) is 0.629. The van der Waals surface area contributed by atoms with E-state index < -0.39 is 10.0 Å². The van der Waals surface area contributed by atoms with Crippen molar-refractivity contribution in [2.24, 2.45) is 5.14 Å². The van der Waals surface area contributed by atoms with Gasteiger partial charge in [0, 0.05) is 6.54 Å². The predicted octanol–water partition coefficient (Wildman–Crippen LogP) is 1.75. The SMILES string of the molecule is CCn1nc(C)cc1COc1ccc(S(N)(=O)=O)cc1C. The van der Waals surface area contributed by atoms with Gasteiger partial charge in [-0.15, -0.1) is 0 Å². The van der Waals surface area contributed by atoms with Crippen LogP contribution in [0.5, 0.6) is 5.75 Å². The van der Waals surface area contributed by atoms with Gasteiger partial charge in [-0.25, -0.2) is 13.6 Å². The quantitative estimate of drug-likeness (QED) is 0.911. The maximum absolute atomic E-state index is 11.3. The van der Waals surface area contributed by atoms with Crippen LogP contribution in [0.4, 0.5) is 0 Å². The van der Waals surface area contributed by atoms with E-state index in [1.807, 2.05) is 24.6 Å². The molecule has 0 amide bonds. The van der Waals surface area contributed by atoms with Crippen LogP contribution in [0.15, 0.2) is 29.2 Å². The molecule has 0 radical (unpaired) electrons. The van der Waals surface area contributed by atoms with Crippen LogP contribution in [0.3, 0.4) is 0 Å². The molecule has 21 heavy (non-hydrogen) atoms. The number of ether oxygens (including phenoxy) is 1. The lowest BCUT2D eigenvalue weighted by atomic mass is 10.2. The molecule has 1 aromatic carbocycles. The van der Waals surface area contributed by atoms with Crippen LogP contribution in [0, 0.1) is 13.8 Å². The molecule has 0 bridgehead atoms. The molecule has 0 saturated heterocycles. The Kier molecular flexibility index (Phi) is 4.34. The second kappa shape index (κ2) is 5.87. The van der Waals surface area contributed by atoms with Crippen molar-refractivity contribution >= 4 is 10.0 Å². The van der Waals surface area contributed by atoms with Crippen LogP contribution in [-0.4, -0.2) is 18.2 Å². The van der Waals surface area contributed by atoms with E-state index in [2.05, 4.69) is 5.10 Å². The summed E-state index contributed by atoms with van der Waals surface area (Å²) >= 11 is 0. The van der Waals surface area contributed by atoms with Crippen molar-refractivity contribution in [1.29, 1.82) is 0 Å². The Hall–Kier alpha value is -1.86. The zero-order valence-corrected chi connectivity index (χ0v) is 13.1. The highest BCUT2D eigenvalue weighted by atomic mass is 32.2. The van der Waals surface area contributed by atoms with Gasteiger partial charge in [-0.05, 0) is 50.6 Å². The molecule has 1 heterocycles. The second-order valence-corrected chi connectivity index (χ2v) is 6.42. The van der Waals surface area contributed by atoms with E-state index in [0.717, 1.165) is 23.5 Å². The molecule has 2 aromatic rings. The number of hydrogen-bond acceptors (Lipinski definition) is 4. The zero-order chi connectivity index (χ0) is 15.6. The molecular weight excluding hydrogens is 290 g/mol. The van der Waals surface area contributed by atoms with Gasteiger partial charge in [-0.1, -0.05) is 0 Å². The Morgan fingerprint density at radius 2 is 2.00 bits per heavy atom. The van der Waals surface area contributed by atoms with Gasteiger partial charge in [0.25, 0.3) is 0 Å². The summed E-state index contributed by atoms with van der Waals surface area (Å²) in [4.78, 5) is 0.0850. The number of aryl methyl sites for hydroxylation is 3. The van der Waals surface area contributed by atoms with Crippen molar-refractivity contribution in [1.82, 2.24) is 9.78 Å². The van der Waals surface area contributed by atoms with Gasteiger partial charge in [-0.2, -0.15) is 5.10 Å². The second-order valence-electron chi connectivity index (χ2n) is 4.85. The minimum Gasteiger partial charge on any atom is -0.487 e. The number of nitrogens with zero attached hydrogens (tertiary/aromatic N) is 2. The van der Waals surface area contributed by atoms with Gasteiger partial charge in [0.1, 0.15) is 12.4 Å². The highest BCUT2D eigenvalue weighted by Crippen LogP contribution is 2.22. The molecular formula is C14H19N3O3S. The average molecular weight is 309 g/mol. The molecule has 114 valence electrons. The third-order valence-corrected chi connectivity index (χ3v) is 4.05. The maximum Gasteiger partial charge on any atom is 0.238 e. The lowest BCUT2D eigenvalue weighted by Gasteiger charge is -2.11. The largest absolute Gasteiger partial charge is 0.487 e. The van der Waals surface area contributed by atoms with Crippen LogP contribution in [-0.2, 0) is 23.2 Å². The van der Waals surface area contributed by atoms with Gasteiger partial charge in [-0.3, -0.25) is 4.68 Å². The van der Waals surface area contributed by atoms with Gasteiger partial charge >= 0.3 is 0 Å². The van der Waals surface area contributed by atoms with Crippen molar-refractivity contribution in [3.05, 3.63) is 41.2 Å². The molecule has 2 N–H and O–H groups in total. The molecule has 0 fully saturated rings. The Morgan fingerprint density at radius 3 is 2.57 bits per heavy atom. The number of primary sulfonamides is 1. The predicted molar refractivity (Wildman–Crippen MR) is 79.5 cm³/mol. The molecule has 1 aromatic heterocycles. The molecule has 0 aliphatic carbocycles. The Balaban J connectivity index is 2.17. The first-order chi connectivity index (χ1) is 9.81. The van der Waals surface area contributed by atoms with E-state index in [1.54, 1.807) is 13.0 Å². The van der Waals surface area contributed by atoms with Gasteiger partial charge in [0.05, 0.1) is 16.3 Å². The number of sulfonamides is 1. The fourth-order valence-electron chi connectivity index (χ4n) is 2.10. The normalized spacial score (nSPS) is 11.6. The number of rotatable bonds is 5. The maximum atomic E-state index is 11.3. The van der Waals surface area contributed by atoms with Crippen LogP contribution in [0.25, 0.3) is 0 Å². The minimum atomic E-state index is -3.69. The van der Waals surface area contributed by atoms with Crippen LogP contribution in [0.1, 0.15) is 23.9 Å². The smallest absolute Gasteiger partial charge is 0.238 e. The summed E-state index contributed by atoms with van der Waals surface area (Å²) < 4.78 is 30.2. The molecule has 7 heteroatoms. The van der Waals surface area contributed by atoms with Gasteiger partial charge < -0.3 is 4.74 Å². The summed E-state index contributed by atoms with van der Waals surface area (Å²) in [6, 6.07) is 6.54. The summed E-state index contributed by atoms with van der Waals surface area (Å²) in [5.41, 5.74) is 2.64. The summed E-state index contributed by atoms with van der Waals surface area (Å²) in [5, 5.41) is 9.45. The number of benzene rings is 1. The lowest BCUT2D eigenvalue weighted by molar-refractivity contribution is 0.290. The van der Waals surface area contributed by atoms with Crippen molar-refractivity contribution in [3.8, 4) is 5.75 Å². The van der Waals surface area contributed by atoms with E-state index in [-0.39, 0.29) is 4.90 Å². The Morgan fingerprint density at radius 1 is 1.29 bits per heavy atom. The van der Waals surface area contributed by atoms with Crippen LogP contribution < -0.4 is 9.88 Å². The lowest BCUT2D eigenvalue weighted by Crippen LogP contribution is -2.12. The fourth-order valence-corrected chi connectivity index (χ4v) is 2.70. The summed E-state index contributed by atoms with van der Waals surface area (Å²) in [7, 11) is -3.69. The first kappa shape index (κ1) is 15.5. The van der Waals surface area contributed by atoms with E-state index in [1.165, 1.54) is 12.1 Å². The van der Waals surface area contributed by atoms with E-state index in [9.17, 15) is 8.42 Å². The Bertz CT molecular complexity index is 751. The molecule has 0 aliphatic rings. The standard InChI is InChI=1S/C14H19N3O3S/c1-4-17-12(8-11(3)16-17)9-20-14-6-5-13(7-10(14)2)21(15,18)19/h5-8H,4,9H2,1-3H3,(H2,15,18,19). The monoisotopic (exact) mass is 309 g/mol. The Labute approximate surface area is 124 Å². The molecule has 2 rings (SSSR count). The molecule has 0 atom stereocenters. The molecule has 0 saturated carbocycles. The topological polar surface area (TPSA) is 87.2 Å². The molecule has 0 spiro atoms. The molecule has 0 aliphatic heterocycles. The first-order valence-corrected chi connectivity index (χ1v) is 8.15. The van der Waals surface area contributed by atoms with Crippen molar-refractivity contribution in [3.63, 3.8) is 0 Å². The number of nitrogens with two attached hydrogens (primary N) is 1. The summed E-state index contributed by atoms with van der Waals surface area (Å²) in [6.45, 7) is 6.89. The van der Waals surface area contributed by atoms with Crippen molar-refractivity contribution in [2.75, 3.05) is 0 Å². The van der Waals surface area contributed by atoms with Crippen LogP contribution >= 0.6 is 0 Å². The first-order valence-electron chi connectivity index (χ1n) is 6.61. The molecule has 0 unspecified atom stereocenters. The van der Waals surface area contributed by atoms with E-state index in [0.29, 0.717) is 12.4 Å². The third-order valence-electron chi connectivity index (χ3n) is 3.14. The number of hydrogen-bond donors (Lipinski definition) is 1. The fraction of sp³-hybridized carbons (Fsp3) is 0.357. The highest BCUT2D eigenvalue weighted by Gasteiger charge is 2.11.